The third-order valence-electron chi connectivity index (χ3n) is 4.81. The van der Waals surface area contributed by atoms with Crippen LogP contribution in [0, 0.1) is 11.6 Å². The van der Waals surface area contributed by atoms with Crippen molar-refractivity contribution in [1.82, 2.24) is 9.78 Å². The van der Waals surface area contributed by atoms with Crippen LogP contribution in [0.1, 0.15) is 23.2 Å². The van der Waals surface area contributed by atoms with Crippen LogP contribution >= 0.6 is 0 Å². The number of nitrogens with zero attached hydrogens (tertiary/aromatic N) is 2. The Balaban J connectivity index is 1.51. The van der Waals surface area contributed by atoms with Crippen molar-refractivity contribution in [3.8, 4) is 17.0 Å². The van der Waals surface area contributed by atoms with Gasteiger partial charge in [-0.2, -0.15) is 5.10 Å². The maximum Gasteiger partial charge on any atom is 0.259 e. The summed E-state index contributed by atoms with van der Waals surface area (Å²) in [7, 11) is 1.63. The molecule has 3 aromatic rings. The van der Waals surface area contributed by atoms with Gasteiger partial charge in [0.15, 0.2) is 0 Å². The number of carbonyl (C=O) groups excluding carboxylic acids is 1. The first kappa shape index (κ1) is 20.0. The van der Waals surface area contributed by atoms with E-state index in [0.29, 0.717) is 18.0 Å². The van der Waals surface area contributed by atoms with Gasteiger partial charge < -0.3 is 14.8 Å². The maximum atomic E-state index is 14.2. The Kier molecular flexibility index (Phi) is 5.76. The van der Waals surface area contributed by atoms with Gasteiger partial charge in [0.05, 0.1) is 11.7 Å². The van der Waals surface area contributed by atoms with Crippen molar-refractivity contribution in [3.05, 3.63) is 65.9 Å². The summed E-state index contributed by atoms with van der Waals surface area (Å²) in [4.78, 5) is 12.9. The van der Waals surface area contributed by atoms with Crippen LogP contribution in [0.5, 0.6) is 5.75 Å². The topological polar surface area (TPSA) is 65.4 Å². The van der Waals surface area contributed by atoms with Crippen molar-refractivity contribution in [3.63, 3.8) is 0 Å². The molecule has 1 N–H and O–H groups in total. The number of rotatable bonds is 6. The van der Waals surface area contributed by atoms with Crippen LogP contribution in [0.2, 0.25) is 0 Å². The van der Waals surface area contributed by atoms with E-state index < -0.39 is 17.5 Å². The summed E-state index contributed by atoms with van der Waals surface area (Å²) < 4.78 is 40.2. The Morgan fingerprint density at radius 1 is 1.30 bits per heavy atom. The molecule has 0 saturated carbocycles. The summed E-state index contributed by atoms with van der Waals surface area (Å²) in [6.45, 7) is 1.21. The first-order chi connectivity index (χ1) is 14.5. The number of aromatic nitrogens is 2. The van der Waals surface area contributed by atoms with E-state index in [0.717, 1.165) is 31.6 Å². The van der Waals surface area contributed by atoms with Gasteiger partial charge in [0.1, 0.15) is 29.7 Å². The van der Waals surface area contributed by atoms with Crippen molar-refractivity contribution >= 4 is 11.6 Å². The molecular formula is C22H21F2N3O3. The first-order valence-corrected chi connectivity index (χ1v) is 9.64. The Labute approximate surface area is 172 Å². The van der Waals surface area contributed by atoms with Gasteiger partial charge in [-0.25, -0.2) is 8.78 Å². The molecule has 156 valence electrons. The number of hydrogen-bond donors (Lipinski definition) is 1. The Hall–Kier alpha value is -3.26. The lowest BCUT2D eigenvalue weighted by Crippen LogP contribution is -2.16. The minimum absolute atomic E-state index is 0.0517. The molecule has 0 aliphatic carbocycles. The highest BCUT2D eigenvalue weighted by Gasteiger charge is 2.21. The lowest BCUT2D eigenvalue weighted by atomic mass is 10.1. The summed E-state index contributed by atoms with van der Waals surface area (Å²) in [6.07, 6.45) is 3.59. The minimum atomic E-state index is -0.785. The van der Waals surface area contributed by atoms with Crippen LogP contribution in [-0.2, 0) is 11.8 Å². The molecule has 30 heavy (non-hydrogen) atoms. The van der Waals surface area contributed by atoms with Crippen LogP contribution in [0.25, 0.3) is 11.3 Å². The zero-order valence-electron chi connectivity index (χ0n) is 16.4. The number of carbonyl (C=O) groups is 1. The zero-order valence-corrected chi connectivity index (χ0v) is 16.4. The molecule has 6 nitrogen and oxygen atoms in total. The average Bonchev–Trinajstić information content (AvgIpc) is 3.36. The van der Waals surface area contributed by atoms with Crippen molar-refractivity contribution in [2.24, 2.45) is 7.05 Å². The zero-order chi connectivity index (χ0) is 21.1. The molecule has 2 heterocycles. The predicted octanol–water partition coefficient (Wildman–Crippen LogP) is 4.18. The summed E-state index contributed by atoms with van der Waals surface area (Å²) in [5, 5.41) is 6.96. The molecule has 1 atom stereocenters. The van der Waals surface area contributed by atoms with Gasteiger partial charge >= 0.3 is 0 Å². The lowest BCUT2D eigenvalue weighted by molar-refractivity contribution is 0.0680. The molecule has 1 amide bonds. The van der Waals surface area contributed by atoms with Crippen LogP contribution < -0.4 is 10.1 Å². The van der Waals surface area contributed by atoms with Gasteiger partial charge in [-0.05, 0) is 37.1 Å². The van der Waals surface area contributed by atoms with Crippen LogP contribution in [0.15, 0.2) is 48.7 Å². The van der Waals surface area contributed by atoms with E-state index in [2.05, 4.69) is 10.4 Å². The van der Waals surface area contributed by atoms with Crippen molar-refractivity contribution in [2.75, 3.05) is 18.5 Å². The molecule has 1 unspecified atom stereocenters. The highest BCUT2D eigenvalue weighted by atomic mass is 19.1. The number of ether oxygens (including phenoxy) is 2. The van der Waals surface area contributed by atoms with Crippen molar-refractivity contribution in [1.29, 1.82) is 0 Å². The van der Waals surface area contributed by atoms with Gasteiger partial charge in [-0.1, -0.05) is 6.07 Å². The van der Waals surface area contributed by atoms with E-state index in [9.17, 15) is 13.6 Å². The largest absolute Gasteiger partial charge is 0.491 e. The monoisotopic (exact) mass is 413 g/mol. The minimum Gasteiger partial charge on any atom is -0.491 e. The number of benzene rings is 2. The molecule has 1 fully saturated rings. The Bertz CT molecular complexity index is 1060. The number of amides is 1. The standard InChI is InChI=1S/C22H21F2N3O3/c1-27-12-19(21(26-27)18-8-7-14(23)10-20(18)24)22(28)25-15-4-2-5-16(11-15)30-13-17-6-3-9-29-17/h2,4-5,7-8,10-12,17H,3,6,9,13H2,1H3,(H,25,28). The first-order valence-electron chi connectivity index (χ1n) is 9.64. The fraction of sp³-hybridized carbons (Fsp3) is 0.273. The van der Waals surface area contributed by atoms with Crippen LogP contribution in [0.4, 0.5) is 14.5 Å². The van der Waals surface area contributed by atoms with Crippen molar-refractivity contribution in [2.45, 2.75) is 18.9 Å². The van der Waals surface area contributed by atoms with E-state index in [4.69, 9.17) is 9.47 Å². The molecular weight excluding hydrogens is 392 g/mol. The van der Waals surface area contributed by atoms with E-state index in [1.807, 2.05) is 0 Å². The lowest BCUT2D eigenvalue weighted by Gasteiger charge is -2.12. The molecule has 2 aromatic carbocycles. The van der Waals surface area contributed by atoms with Gasteiger partial charge in [-0.15, -0.1) is 0 Å². The molecule has 1 aromatic heterocycles. The molecule has 0 radical (unpaired) electrons. The van der Waals surface area contributed by atoms with Gasteiger partial charge in [0, 0.05) is 43.2 Å². The second-order valence-corrected chi connectivity index (χ2v) is 7.12. The van der Waals surface area contributed by atoms with E-state index >= 15 is 0 Å². The highest BCUT2D eigenvalue weighted by Crippen LogP contribution is 2.27. The van der Waals surface area contributed by atoms with Crippen LogP contribution in [0.3, 0.4) is 0 Å². The molecule has 8 heteroatoms. The van der Waals surface area contributed by atoms with Gasteiger partial charge in [-0.3, -0.25) is 9.48 Å². The molecule has 0 spiro atoms. The summed E-state index contributed by atoms with van der Waals surface area (Å²) in [5.41, 5.74) is 0.891. The number of halogens is 2. The summed E-state index contributed by atoms with van der Waals surface area (Å²) in [6, 6.07) is 10.2. The average molecular weight is 413 g/mol. The van der Waals surface area contributed by atoms with Gasteiger partial charge in [0.25, 0.3) is 5.91 Å². The van der Waals surface area contributed by atoms with Gasteiger partial charge in [0.2, 0.25) is 0 Å². The molecule has 4 rings (SSSR count). The smallest absolute Gasteiger partial charge is 0.259 e. The van der Waals surface area contributed by atoms with E-state index in [1.165, 1.54) is 16.9 Å². The Morgan fingerprint density at radius 3 is 2.93 bits per heavy atom. The molecule has 1 aliphatic heterocycles. The maximum absolute atomic E-state index is 14.2. The highest BCUT2D eigenvalue weighted by molar-refractivity contribution is 6.08. The second-order valence-electron chi connectivity index (χ2n) is 7.12. The number of aryl methyl sites for hydroxylation is 1. The van der Waals surface area contributed by atoms with Crippen LogP contribution in [-0.4, -0.2) is 35.0 Å². The fourth-order valence-electron chi connectivity index (χ4n) is 3.36. The molecule has 1 saturated heterocycles. The van der Waals surface area contributed by atoms with E-state index in [1.54, 1.807) is 31.3 Å². The SMILES string of the molecule is Cn1cc(C(=O)Nc2cccc(OCC3CCCO3)c2)c(-c2ccc(F)cc2F)n1. The number of anilines is 1. The van der Waals surface area contributed by atoms with Crippen molar-refractivity contribution < 1.29 is 23.0 Å². The quantitative estimate of drug-likeness (QED) is 0.659. The second kappa shape index (κ2) is 8.62. The Morgan fingerprint density at radius 2 is 2.17 bits per heavy atom. The summed E-state index contributed by atoms with van der Waals surface area (Å²) >= 11 is 0. The van der Waals surface area contributed by atoms with E-state index in [-0.39, 0.29) is 22.9 Å². The normalized spacial score (nSPS) is 15.9. The fourth-order valence-corrected chi connectivity index (χ4v) is 3.36. The third-order valence-corrected chi connectivity index (χ3v) is 4.81. The molecule has 1 aliphatic rings. The number of hydrogen-bond acceptors (Lipinski definition) is 4. The summed E-state index contributed by atoms with van der Waals surface area (Å²) in [5.74, 6) is -1.33. The molecule has 0 bridgehead atoms. The number of nitrogens with one attached hydrogen (secondary N) is 1. The third kappa shape index (κ3) is 4.49. The predicted molar refractivity (Wildman–Crippen MR) is 107 cm³/mol.